The molecule has 1 N–H and O–H groups in total. The summed E-state index contributed by atoms with van der Waals surface area (Å²) in [5.74, 6) is 0. The smallest absolute Gasteiger partial charge is 0.226 e. The maximum Gasteiger partial charge on any atom is 0.226 e. The SMILES string of the molecule is ClC(Cl)(Cl)C(Cl)(Cl)C(Cl)(Cl)C(Cl)(Cl)C(Cl)(Cl)C(Cl)(Cl)C(Cl)(Cl)C(Cl)(Cl)NC(Cl)(Cl)C(Cl)(Cl)C(Cl)(Cl)C(Cl)(Cl)C(Cl)(Cl)C(Cl)(Cl)C(Cl)(Cl)C(Cl)(Cl)Cl. The lowest BCUT2D eigenvalue weighted by atomic mass is 10.0. The molecule has 0 aliphatic rings. The van der Waals surface area contributed by atoms with E-state index in [9.17, 15) is 0 Å². The van der Waals surface area contributed by atoms with Gasteiger partial charge in [0, 0.05) is 0 Å². The minimum atomic E-state index is -3.44. The summed E-state index contributed by atoms with van der Waals surface area (Å²) >= 11 is 212. The van der Waals surface area contributed by atoms with Crippen LogP contribution in [0.25, 0.3) is 0 Å². The highest BCUT2D eigenvalue weighted by molar-refractivity contribution is 6.85. The molecule has 0 aromatic carbocycles. The molecule has 0 atom stereocenters. The highest BCUT2D eigenvalue weighted by Crippen LogP contribution is 2.75. The van der Waals surface area contributed by atoms with E-state index in [2.05, 4.69) is 0 Å². The van der Waals surface area contributed by atoms with Gasteiger partial charge in [0.05, 0.1) is 0 Å². The Bertz CT molecular complexity index is 1160. The van der Waals surface area contributed by atoms with Gasteiger partial charge in [-0.25, -0.2) is 5.32 Å². The fraction of sp³-hybridized carbons (Fsp3) is 1.00. The van der Waals surface area contributed by atoms with Crippen molar-refractivity contribution >= 4 is 394 Å². The van der Waals surface area contributed by atoms with Crippen LogP contribution in [0.4, 0.5) is 0 Å². The molecule has 0 spiro atoms. The lowest BCUT2D eigenvalue weighted by molar-refractivity contribution is 0.371. The zero-order valence-corrected chi connectivity index (χ0v) is 47.1. The monoisotopic (exact) mass is 1400 g/mol. The summed E-state index contributed by atoms with van der Waals surface area (Å²) in [6.45, 7) is 0. The van der Waals surface area contributed by atoms with Crippen molar-refractivity contribution in [3.63, 3.8) is 0 Å². The van der Waals surface area contributed by atoms with Crippen molar-refractivity contribution in [3.8, 4) is 0 Å². The van der Waals surface area contributed by atoms with E-state index in [-0.39, 0.29) is 0 Å². The van der Waals surface area contributed by atoms with Gasteiger partial charge < -0.3 is 0 Å². The third kappa shape index (κ3) is 9.94. The van der Waals surface area contributed by atoms with Crippen molar-refractivity contribution in [2.45, 2.75) is 68.5 Å². The Morgan fingerprint density at radius 2 is 0.275 bits per heavy atom. The summed E-state index contributed by atoms with van der Waals surface area (Å²) in [6.07, 6.45) is 0. The molecular weight excluding hydrogens is 1410 g/mol. The first-order valence-electron chi connectivity index (χ1n) is 10.4. The predicted octanol–water partition coefficient (Wildman–Crippen LogP) is 19.7. The first-order chi connectivity index (χ1) is 21.2. The lowest BCUT2D eigenvalue weighted by Gasteiger charge is -2.56. The minimum absolute atomic E-state index is 1.89. The second-order valence-corrected chi connectivity index (χ2v) is 32.3. The van der Waals surface area contributed by atoms with Crippen molar-refractivity contribution in [1.29, 1.82) is 0 Å². The number of halogens is 34. The van der Waals surface area contributed by atoms with Gasteiger partial charge in [-0.15, -0.1) is 0 Å². The largest absolute Gasteiger partial charge is 0.249 e. The van der Waals surface area contributed by atoms with Gasteiger partial charge in [-0.1, -0.05) is 394 Å². The summed E-state index contributed by atoms with van der Waals surface area (Å²) < 4.78 is -52.0. The van der Waals surface area contributed by atoms with Crippen LogP contribution < -0.4 is 5.32 Å². The fourth-order valence-corrected chi connectivity index (χ4v) is 13.2. The van der Waals surface area contributed by atoms with Crippen molar-refractivity contribution in [1.82, 2.24) is 5.32 Å². The number of nitrogens with one attached hydrogen (secondary N) is 1. The Hall–Kier alpha value is 9.82. The Morgan fingerprint density at radius 1 is 0.157 bits per heavy atom. The molecule has 0 rings (SSSR count). The third-order valence-corrected chi connectivity index (χ3v) is 28.4. The van der Waals surface area contributed by atoms with Crippen LogP contribution in [-0.2, 0) is 0 Å². The van der Waals surface area contributed by atoms with Gasteiger partial charge >= 0.3 is 0 Å². The van der Waals surface area contributed by atoms with Crippen LogP contribution in [0.3, 0.4) is 0 Å². The minimum Gasteiger partial charge on any atom is -0.249 e. The molecule has 0 aliphatic heterocycles. The molecule has 0 fully saturated rings. The Labute approximate surface area is 460 Å². The highest BCUT2D eigenvalue weighted by atomic mass is 35.6. The van der Waals surface area contributed by atoms with E-state index in [1.807, 2.05) is 5.32 Å². The third-order valence-electron chi connectivity index (χ3n) is 5.76. The standard InChI is InChI=1S/C16HCl34N/c17-1(18,5(25,26)9(33,34)13(41,42)43)3(21,22)7(29,30)11(37,38)15(47,48)51-16(49,50)12(39,40)8(31,32)4(23,24)2(19,20)6(27,28)10(35,36)14(44,45)46/h51H. The fourth-order valence-electron chi connectivity index (χ4n) is 2.68. The maximum atomic E-state index is 6.44. The van der Waals surface area contributed by atoms with Gasteiger partial charge in [0.1, 0.15) is 0 Å². The summed E-state index contributed by atoms with van der Waals surface area (Å²) in [5, 5.41) is 1.89. The van der Waals surface area contributed by atoms with E-state index in [1.54, 1.807) is 0 Å². The molecule has 0 unspecified atom stereocenters. The van der Waals surface area contributed by atoms with E-state index in [4.69, 9.17) is 394 Å². The van der Waals surface area contributed by atoms with Gasteiger partial charge in [0.25, 0.3) is 0 Å². The number of alkyl halides is 34. The Kier molecular flexibility index (Phi) is 21.6. The van der Waals surface area contributed by atoms with Gasteiger partial charge in [0.2, 0.25) is 25.2 Å². The lowest BCUT2D eigenvalue weighted by Crippen LogP contribution is -2.75. The molecule has 0 aromatic rings. The van der Waals surface area contributed by atoms with Crippen molar-refractivity contribution in [2.75, 3.05) is 0 Å². The van der Waals surface area contributed by atoms with Crippen molar-refractivity contribution in [3.05, 3.63) is 0 Å². The summed E-state index contributed by atoms with van der Waals surface area (Å²) in [4.78, 5) is 0. The summed E-state index contributed by atoms with van der Waals surface area (Å²) in [6, 6.07) is 0. The van der Waals surface area contributed by atoms with Crippen LogP contribution in [0.15, 0.2) is 0 Å². The van der Waals surface area contributed by atoms with E-state index in [0.717, 1.165) is 0 Å². The van der Waals surface area contributed by atoms with Gasteiger partial charge in [-0.3, -0.25) is 0 Å². The maximum absolute atomic E-state index is 6.44. The molecule has 0 amide bonds. The molecule has 0 heterocycles. The second kappa shape index (κ2) is 18.1. The van der Waals surface area contributed by atoms with Crippen LogP contribution >= 0.6 is 394 Å². The van der Waals surface area contributed by atoms with Crippen LogP contribution in [0.5, 0.6) is 0 Å². The molecule has 35 heteroatoms. The highest BCUT2D eigenvalue weighted by Gasteiger charge is 2.84. The Morgan fingerprint density at radius 3 is 0.412 bits per heavy atom. The molecule has 0 saturated carbocycles. The molecule has 308 valence electrons. The van der Waals surface area contributed by atoms with Crippen LogP contribution in [0.1, 0.15) is 0 Å². The van der Waals surface area contributed by atoms with Gasteiger partial charge in [-0.05, 0) is 0 Å². The molecule has 51 heavy (non-hydrogen) atoms. The average molecular weight is 1410 g/mol. The van der Waals surface area contributed by atoms with E-state index in [0.29, 0.717) is 0 Å². The topological polar surface area (TPSA) is 12.0 Å². The number of hydrogen-bond acceptors (Lipinski definition) is 1. The first-order valence-corrected chi connectivity index (χ1v) is 23.3. The molecule has 0 saturated heterocycles. The second-order valence-electron chi connectivity index (χ2n) is 9.16. The van der Waals surface area contributed by atoms with Gasteiger partial charge in [-0.2, -0.15) is 0 Å². The zero-order valence-electron chi connectivity index (χ0n) is 21.4. The predicted molar refractivity (Wildman–Crippen MR) is 246 cm³/mol. The zero-order chi connectivity index (χ0) is 42.7. The van der Waals surface area contributed by atoms with Gasteiger partial charge in [0.15, 0.2) is 43.3 Å². The number of rotatable bonds is 14. The average Bonchev–Trinajstić information content (AvgIpc) is 2.85. The van der Waals surface area contributed by atoms with Crippen molar-refractivity contribution in [2.24, 2.45) is 0 Å². The molecular formula is C16HCl34N. The van der Waals surface area contributed by atoms with E-state index < -0.39 is 68.5 Å². The molecule has 1 nitrogen and oxygen atoms in total. The molecule has 0 aromatic heterocycles. The van der Waals surface area contributed by atoms with Crippen LogP contribution in [0.2, 0.25) is 0 Å². The normalized spacial score (nSPS) is 17.3. The quantitative estimate of drug-likeness (QED) is 0.135. The van der Waals surface area contributed by atoms with Crippen LogP contribution in [-0.4, -0.2) is 68.5 Å². The first kappa shape index (κ1) is 60.8. The van der Waals surface area contributed by atoms with Crippen molar-refractivity contribution < 1.29 is 0 Å². The Balaban J connectivity index is 7.35. The van der Waals surface area contributed by atoms with Crippen LogP contribution in [0, 0.1) is 0 Å². The summed E-state index contributed by atoms with van der Waals surface area (Å²) in [5.41, 5.74) is 0. The summed E-state index contributed by atoms with van der Waals surface area (Å²) in [7, 11) is 0. The molecule has 0 radical (unpaired) electrons. The molecule has 0 bridgehead atoms. The number of hydrogen-bond donors (Lipinski definition) is 1. The molecule has 0 aliphatic carbocycles. The van der Waals surface area contributed by atoms with E-state index in [1.165, 1.54) is 0 Å². The van der Waals surface area contributed by atoms with E-state index >= 15 is 0 Å².